The second-order valence-corrected chi connectivity index (χ2v) is 18.9. The van der Waals surface area contributed by atoms with E-state index >= 15 is 0 Å². The summed E-state index contributed by atoms with van der Waals surface area (Å²) >= 11 is 0. The zero-order valence-corrected chi connectivity index (χ0v) is 45.0. The highest BCUT2D eigenvalue weighted by molar-refractivity contribution is 7.90. The highest BCUT2D eigenvalue weighted by Crippen LogP contribution is 2.23. The van der Waals surface area contributed by atoms with E-state index in [0.29, 0.717) is 32.2 Å². The minimum Gasteiger partial charge on any atom is -0.496 e. The Bertz CT molecular complexity index is 2080. The lowest BCUT2D eigenvalue weighted by Gasteiger charge is -2.23. The molecule has 0 aromatic heterocycles. The van der Waals surface area contributed by atoms with E-state index in [2.05, 4.69) is 128 Å². The Morgan fingerprint density at radius 2 is 1.08 bits per heavy atom. The molecule has 1 saturated heterocycles. The van der Waals surface area contributed by atoms with Crippen LogP contribution in [0.1, 0.15) is 147 Å². The summed E-state index contributed by atoms with van der Waals surface area (Å²) in [6, 6.07) is 3.81. The van der Waals surface area contributed by atoms with E-state index in [1.807, 2.05) is 29.0 Å². The van der Waals surface area contributed by atoms with E-state index in [-0.39, 0.29) is 35.1 Å². The molecular formula is C59H85N3O10S. The molecule has 1 aliphatic rings. The maximum absolute atomic E-state index is 13.5. The third-order valence-corrected chi connectivity index (χ3v) is 12.6. The van der Waals surface area contributed by atoms with E-state index in [4.69, 9.17) is 18.9 Å². The maximum atomic E-state index is 13.5. The first-order chi connectivity index (χ1) is 35.5. The van der Waals surface area contributed by atoms with Crippen molar-refractivity contribution < 1.29 is 46.5 Å². The number of sulfonamides is 1. The number of hydrogen-bond donors (Lipinski definition) is 2. The fourth-order valence-corrected chi connectivity index (χ4v) is 8.23. The summed E-state index contributed by atoms with van der Waals surface area (Å²) in [5.41, 5.74) is -0.0285. The van der Waals surface area contributed by atoms with E-state index in [0.717, 1.165) is 96.2 Å². The summed E-state index contributed by atoms with van der Waals surface area (Å²) in [5, 5.41) is 2.88. The predicted molar refractivity (Wildman–Crippen MR) is 295 cm³/mol. The molecule has 13 nitrogen and oxygen atoms in total. The van der Waals surface area contributed by atoms with Gasteiger partial charge in [-0.15, -0.1) is 0 Å². The summed E-state index contributed by atoms with van der Waals surface area (Å²) in [5.74, 6) is -1.50. The molecule has 2 N–H and O–H groups in total. The number of likely N-dealkylation sites (N-methyl/N-ethyl adjacent to an activating group) is 1. The predicted octanol–water partition coefficient (Wildman–Crippen LogP) is 12.6. The minimum absolute atomic E-state index is 0.0285. The zero-order valence-electron chi connectivity index (χ0n) is 44.1. The van der Waals surface area contributed by atoms with Crippen LogP contribution in [0.5, 0.6) is 5.75 Å². The smallest absolute Gasteiger partial charge is 0.421 e. The number of hydrogen-bond acceptors (Lipinski definition) is 11. The van der Waals surface area contributed by atoms with Gasteiger partial charge in [0, 0.05) is 25.4 Å². The number of amides is 2. The van der Waals surface area contributed by atoms with Crippen LogP contribution < -0.4 is 14.8 Å². The number of nitrogens with zero attached hydrogens (tertiary/aromatic N) is 1. The van der Waals surface area contributed by atoms with Crippen LogP contribution in [-0.2, 0) is 33.8 Å². The molecule has 0 aliphatic carbocycles. The van der Waals surface area contributed by atoms with Gasteiger partial charge in [0.15, 0.2) is 6.10 Å². The van der Waals surface area contributed by atoms with Gasteiger partial charge in [0.25, 0.3) is 15.9 Å². The third-order valence-electron chi connectivity index (χ3n) is 11.3. The number of esters is 2. The van der Waals surface area contributed by atoms with Crippen LogP contribution in [0, 0.1) is 0 Å². The van der Waals surface area contributed by atoms with Crippen LogP contribution in [0.15, 0.2) is 145 Å². The van der Waals surface area contributed by atoms with Gasteiger partial charge in [0.05, 0.1) is 17.6 Å². The third kappa shape index (κ3) is 31.3. The number of carbonyl (C=O) groups is 4. The Hall–Kier alpha value is -5.99. The Kier molecular flexibility index (Phi) is 35.9. The highest BCUT2D eigenvalue weighted by atomic mass is 32.2. The van der Waals surface area contributed by atoms with Crippen LogP contribution in [0.3, 0.4) is 0 Å². The molecule has 1 aromatic carbocycles. The number of benzene rings is 1. The van der Waals surface area contributed by atoms with Gasteiger partial charge in [-0.3, -0.25) is 19.3 Å². The van der Waals surface area contributed by atoms with Gasteiger partial charge in [-0.2, -0.15) is 0 Å². The number of rotatable bonds is 38. The van der Waals surface area contributed by atoms with E-state index < -0.39 is 53.3 Å². The van der Waals surface area contributed by atoms with Crippen LogP contribution in [-0.4, -0.2) is 89.4 Å². The summed E-state index contributed by atoms with van der Waals surface area (Å²) in [4.78, 5) is 53.8. The fourth-order valence-electron chi connectivity index (χ4n) is 7.32. The van der Waals surface area contributed by atoms with E-state index in [9.17, 15) is 27.6 Å². The molecule has 1 heterocycles. The molecule has 0 radical (unpaired) electrons. The van der Waals surface area contributed by atoms with Crippen LogP contribution >= 0.6 is 0 Å². The second kappa shape index (κ2) is 41.5. The van der Waals surface area contributed by atoms with Crippen molar-refractivity contribution in [1.29, 1.82) is 0 Å². The largest absolute Gasteiger partial charge is 0.496 e. The number of ether oxygens (including phenoxy) is 4. The number of methoxy groups -OCH3 is 1. The summed E-state index contributed by atoms with van der Waals surface area (Å²) in [6.45, 7) is 7.52. The number of allylic oxidation sites excluding steroid dienone is 20. The normalized spacial score (nSPS) is 14.9. The molecule has 73 heavy (non-hydrogen) atoms. The lowest BCUT2D eigenvalue weighted by molar-refractivity contribution is -0.152. The maximum Gasteiger partial charge on any atom is 0.421 e. The first kappa shape index (κ1) is 63.1. The van der Waals surface area contributed by atoms with Gasteiger partial charge in [-0.1, -0.05) is 142 Å². The number of unbranched alkanes of at least 4 members (excludes halogenated alkanes) is 2. The molecule has 1 aliphatic heterocycles. The molecule has 1 atom stereocenters. The summed E-state index contributed by atoms with van der Waals surface area (Å²) in [7, 11) is -3.21. The molecule has 402 valence electrons. The molecule has 0 saturated carbocycles. The highest BCUT2D eigenvalue weighted by Gasteiger charge is 2.27. The summed E-state index contributed by atoms with van der Waals surface area (Å²) < 4.78 is 50.3. The van der Waals surface area contributed by atoms with Crippen molar-refractivity contribution in [3.63, 3.8) is 0 Å². The van der Waals surface area contributed by atoms with Gasteiger partial charge in [-0.25, -0.2) is 17.9 Å². The summed E-state index contributed by atoms with van der Waals surface area (Å²) in [6.07, 6.45) is 53.2. The molecular weight excluding hydrogens is 943 g/mol. The lowest BCUT2D eigenvalue weighted by atomic mass is 10.1. The average Bonchev–Trinajstić information content (AvgIpc) is 3.85. The molecule has 2 rings (SSSR count). The average molecular weight is 1030 g/mol. The number of likely N-dealkylation sites (tertiary alicyclic amines) is 1. The molecule has 14 heteroatoms. The molecule has 1 aromatic rings. The van der Waals surface area contributed by atoms with Crippen molar-refractivity contribution in [1.82, 2.24) is 14.9 Å². The van der Waals surface area contributed by atoms with E-state index in [1.165, 1.54) is 19.2 Å². The van der Waals surface area contributed by atoms with Gasteiger partial charge in [0.2, 0.25) is 0 Å². The van der Waals surface area contributed by atoms with Crippen LogP contribution in [0.2, 0.25) is 0 Å². The quantitative estimate of drug-likeness (QED) is 0.0280. The number of nitrogens with one attached hydrogen (secondary N) is 2. The van der Waals surface area contributed by atoms with Gasteiger partial charge in [0.1, 0.15) is 19.0 Å². The Morgan fingerprint density at radius 3 is 1.51 bits per heavy atom. The van der Waals surface area contributed by atoms with Crippen molar-refractivity contribution in [2.24, 2.45) is 0 Å². The van der Waals surface area contributed by atoms with Crippen LogP contribution in [0.25, 0.3) is 0 Å². The second-order valence-electron chi connectivity index (χ2n) is 17.2. The van der Waals surface area contributed by atoms with Crippen molar-refractivity contribution in [2.45, 2.75) is 153 Å². The molecule has 1 unspecified atom stereocenters. The fraction of sp³-hybridized carbons (Fsp3) is 0.492. The van der Waals surface area contributed by atoms with Crippen molar-refractivity contribution in [3.05, 3.63) is 145 Å². The number of carbonyl (C=O) groups excluding carboxylic acids is 4. The lowest BCUT2D eigenvalue weighted by Crippen LogP contribution is -2.40. The van der Waals surface area contributed by atoms with Crippen LogP contribution in [0.4, 0.5) is 4.79 Å². The Labute approximate surface area is 438 Å². The van der Waals surface area contributed by atoms with Gasteiger partial charge >= 0.3 is 18.0 Å². The Balaban J connectivity index is 1.92. The first-order valence-corrected chi connectivity index (χ1v) is 27.8. The monoisotopic (exact) mass is 1030 g/mol. The zero-order chi connectivity index (χ0) is 53.0. The van der Waals surface area contributed by atoms with Gasteiger partial charge in [-0.05, 0) is 134 Å². The van der Waals surface area contributed by atoms with Crippen molar-refractivity contribution in [2.75, 3.05) is 40.0 Å². The molecule has 0 bridgehead atoms. The van der Waals surface area contributed by atoms with Crippen molar-refractivity contribution >= 4 is 34.0 Å². The topological polar surface area (TPSA) is 167 Å². The molecule has 2 amide bonds. The first-order valence-electron chi connectivity index (χ1n) is 26.3. The SMILES string of the molecule is CC/C=C\C/C=C\C/C=C\C/C=C\C/C=C\CCCC(=O)OCC(COC(=O)CCC/C=C\C/C=C\C/C=C\C/C=C\C/C=C\CC)OC(=O)NS(=O)(=O)c1ccc(OC)c(C(=O)NCC2CCCN2CC)c1. The van der Waals surface area contributed by atoms with Gasteiger partial charge < -0.3 is 24.3 Å². The van der Waals surface area contributed by atoms with E-state index in [1.54, 1.807) is 0 Å². The standard InChI is InChI=1S/C59H85N3O10S/c1-5-8-10-12-14-16-18-20-22-24-26-28-30-32-34-36-38-42-56(63)70-49-52(50-71-57(64)43-39-37-35-33-31-29-27-25-23-21-19-17-15-13-11-9-6-2)72-59(66)61-73(67,68)53-44-45-55(69-4)54(47-53)58(65)60-48-51-41-40-46-62(51)7-3/h8-11,14-17,20-23,26-29,32-35,44-45,47,51-52H,5-7,12-13,18-19,24-25,30-31,36-43,46,48-50H2,1-4H3,(H,60,65)(H,61,66)/b10-8-,11-9-,16-14-,17-15-,22-20-,23-21-,28-26-,29-27-,34-32-,35-33-. The Morgan fingerprint density at radius 1 is 0.644 bits per heavy atom. The molecule has 0 spiro atoms. The molecule has 1 fully saturated rings. The van der Waals surface area contributed by atoms with Crippen molar-refractivity contribution in [3.8, 4) is 5.75 Å². The minimum atomic E-state index is -4.58.